The van der Waals surface area contributed by atoms with E-state index in [4.69, 9.17) is 11.6 Å². The van der Waals surface area contributed by atoms with Gasteiger partial charge in [0.25, 0.3) is 0 Å². The van der Waals surface area contributed by atoms with E-state index in [1.165, 1.54) is 11.1 Å². The highest BCUT2D eigenvalue weighted by Crippen LogP contribution is 2.11. The normalized spacial score (nSPS) is 15.1. The molecule has 4 nitrogen and oxygen atoms in total. The number of nitrogens with one attached hydrogen (secondary N) is 1. The predicted octanol–water partition coefficient (Wildman–Crippen LogP) is 3.72. The molecule has 138 valence electrons. The minimum atomic E-state index is 0.0305. The minimum Gasteiger partial charge on any atom is -0.334 e. The number of nitrogens with zero attached hydrogens (tertiary/aromatic N) is 2. The fourth-order valence-corrected chi connectivity index (χ4v) is 3.23. The first-order valence-corrected chi connectivity index (χ1v) is 9.53. The van der Waals surface area contributed by atoms with Crippen molar-refractivity contribution >= 4 is 17.6 Å². The summed E-state index contributed by atoms with van der Waals surface area (Å²) in [6.07, 6.45) is 1.01. The third-order valence-electron chi connectivity index (χ3n) is 4.85. The highest BCUT2D eigenvalue weighted by atomic mass is 35.5. The van der Waals surface area contributed by atoms with Crippen LogP contribution in [0.15, 0.2) is 48.5 Å². The molecule has 0 bridgehead atoms. The van der Waals surface area contributed by atoms with Crippen LogP contribution in [0.3, 0.4) is 0 Å². The molecule has 0 atom stereocenters. The van der Waals surface area contributed by atoms with E-state index >= 15 is 0 Å². The van der Waals surface area contributed by atoms with Gasteiger partial charge in [-0.05, 0) is 36.6 Å². The van der Waals surface area contributed by atoms with Crippen molar-refractivity contribution in [1.29, 1.82) is 0 Å². The van der Waals surface area contributed by atoms with Gasteiger partial charge in [-0.2, -0.15) is 0 Å². The molecule has 1 saturated heterocycles. The first-order valence-electron chi connectivity index (χ1n) is 9.15. The molecule has 1 N–H and O–H groups in total. The number of amides is 2. The molecule has 0 aromatic heterocycles. The molecule has 2 aromatic carbocycles. The third-order valence-corrected chi connectivity index (χ3v) is 5.11. The smallest absolute Gasteiger partial charge is 0.317 e. The van der Waals surface area contributed by atoms with Gasteiger partial charge in [-0.25, -0.2) is 4.79 Å². The Labute approximate surface area is 160 Å². The summed E-state index contributed by atoms with van der Waals surface area (Å²) in [6.45, 7) is 7.06. The summed E-state index contributed by atoms with van der Waals surface area (Å²) in [5.74, 6) is 0. The highest BCUT2D eigenvalue weighted by Gasteiger charge is 2.20. The summed E-state index contributed by atoms with van der Waals surface area (Å²) in [5, 5.41) is 3.80. The number of urea groups is 1. The molecule has 2 amide bonds. The Kier molecular flexibility index (Phi) is 6.53. The zero-order valence-electron chi connectivity index (χ0n) is 15.2. The number of aryl methyl sites for hydroxylation is 1. The standard InChI is InChI=1S/C21H26ClN3O/c1-17-2-4-19(5-3-17)16-23-21(26)25-14-12-24(13-15-25)11-10-18-6-8-20(22)9-7-18/h2-9H,10-16H2,1H3,(H,23,26). The quantitative estimate of drug-likeness (QED) is 0.869. The van der Waals surface area contributed by atoms with E-state index in [1.807, 2.05) is 17.0 Å². The first-order chi connectivity index (χ1) is 12.6. The van der Waals surface area contributed by atoms with Crippen molar-refractivity contribution in [3.05, 3.63) is 70.2 Å². The van der Waals surface area contributed by atoms with Crippen LogP contribution in [0.25, 0.3) is 0 Å². The minimum absolute atomic E-state index is 0.0305. The number of carbonyl (C=O) groups is 1. The molecule has 1 fully saturated rings. The van der Waals surface area contributed by atoms with Crippen molar-refractivity contribution in [2.24, 2.45) is 0 Å². The average molecular weight is 372 g/mol. The van der Waals surface area contributed by atoms with Crippen LogP contribution in [0.2, 0.25) is 5.02 Å². The van der Waals surface area contributed by atoms with E-state index in [1.54, 1.807) is 0 Å². The summed E-state index contributed by atoms with van der Waals surface area (Å²) in [4.78, 5) is 16.7. The van der Waals surface area contributed by atoms with Crippen LogP contribution in [0, 0.1) is 6.92 Å². The molecule has 0 saturated carbocycles. The van der Waals surface area contributed by atoms with Gasteiger partial charge in [0, 0.05) is 44.3 Å². The molecule has 26 heavy (non-hydrogen) atoms. The van der Waals surface area contributed by atoms with Gasteiger partial charge in [0.05, 0.1) is 0 Å². The molecule has 0 aliphatic carbocycles. The number of hydrogen-bond donors (Lipinski definition) is 1. The Morgan fingerprint density at radius 2 is 1.58 bits per heavy atom. The monoisotopic (exact) mass is 371 g/mol. The number of carbonyl (C=O) groups excluding carboxylic acids is 1. The van der Waals surface area contributed by atoms with Gasteiger partial charge in [0.1, 0.15) is 0 Å². The lowest BCUT2D eigenvalue weighted by Gasteiger charge is -2.34. The van der Waals surface area contributed by atoms with Crippen LogP contribution < -0.4 is 5.32 Å². The van der Waals surface area contributed by atoms with Crippen LogP contribution in [0.5, 0.6) is 0 Å². The molecule has 0 radical (unpaired) electrons. The lowest BCUT2D eigenvalue weighted by atomic mass is 10.1. The molecular weight excluding hydrogens is 346 g/mol. The number of halogens is 1. The SMILES string of the molecule is Cc1ccc(CNC(=O)N2CCN(CCc3ccc(Cl)cc3)CC2)cc1. The van der Waals surface area contributed by atoms with Crippen LogP contribution in [0.1, 0.15) is 16.7 Å². The molecule has 1 heterocycles. The highest BCUT2D eigenvalue weighted by molar-refractivity contribution is 6.30. The van der Waals surface area contributed by atoms with E-state index in [0.29, 0.717) is 6.54 Å². The van der Waals surface area contributed by atoms with Gasteiger partial charge in [-0.15, -0.1) is 0 Å². The maximum Gasteiger partial charge on any atom is 0.317 e. The Bertz CT molecular complexity index is 707. The fourth-order valence-electron chi connectivity index (χ4n) is 3.11. The van der Waals surface area contributed by atoms with Gasteiger partial charge >= 0.3 is 6.03 Å². The van der Waals surface area contributed by atoms with Crippen molar-refractivity contribution in [2.75, 3.05) is 32.7 Å². The van der Waals surface area contributed by atoms with E-state index in [-0.39, 0.29) is 6.03 Å². The Balaban J connectivity index is 1.38. The van der Waals surface area contributed by atoms with E-state index in [0.717, 1.165) is 49.7 Å². The van der Waals surface area contributed by atoms with Crippen molar-refractivity contribution in [2.45, 2.75) is 19.9 Å². The number of piperazine rings is 1. The number of rotatable bonds is 5. The van der Waals surface area contributed by atoms with Crippen LogP contribution in [-0.4, -0.2) is 48.6 Å². The maximum absolute atomic E-state index is 12.3. The Morgan fingerprint density at radius 3 is 2.23 bits per heavy atom. The summed E-state index contributed by atoms with van der Waals surface area (Å²) >= 11 is 5.92. The number of benzene rings is 2. The first kappa shape index (κ1) is 18.7. The molecule has 3 rings (SSSR count). The molecule has 2 aromatic rings. The van der Waals surface area contributed by atoms with Crippen molar-refractivity contribution in [3.8, 4) is 0 Å². The fraction of sp³-hybridized carbons (Fsp3) is 0.381. The van der Waals surface area contributed by atoms with Gasteiger partial charge in [-0.1, -0.05) is 53.6 Å². The Morgan fingerprint density at radius 1 is 0.962 bits per heavy atom. The van der Waals surface area contributed by atoms with Crippen molar-refractivity contribution in [3.63, 3.8) is 0 Å². The molecule has 1 aliphatic rings. The maximum atomic E-state index is 12.3. The molecular formula is C21H26ClN3O. The van der Waals surface area contributed by atoms with E-state index in [2.05, 4.69) is 53.5 Å². The van der Waals surface area contributed by atoms with Gasteiger partial charge < -0.3 is 10.2 Å². The molecule has 0 unspecified atom stereocenters. The van der Waals surface area contributed by atoms with Crippen LogP contribution in [0.4, 0.5) is 4.79 Å². The largest absolute Gasteiger partial charge is 0.334 e. The van der Waals surface area contributed by atoms with Crippen molar-refractivity contribution < 1.29 is 4.79 Å². The number of hydrogen-bond acceptors (Lipinski definition) is 2. The lowest BCUT2D eigenvalue weighted by Crippen LogP contribution is -2.51. The summed E-state index contributed by atoms with van der Waals surface area (Å²) in [7, 11) is 0. The van der Waals surface area contributed by atoms with E-state index < -0.39 is 0 Å². The Hall–Kier alpha value is -2.04. The summed E-state index contributed by atoms with van der Waals surface area (Å²) in [6, 6.07) is 16.3. The third kappa shape index (κ3) is 5.48. The topological polar surface area (TPSA) is 35.6 Å². The van der Waals surface area contributed by atoms with E-state index in [9.17, 15) is 4.79 Å². The summed E-state index contributed by atoms with van der Waals surface area (Å²) < 4.78 is 0. The predicted molar refractivity (Wildman–Crippen MR) is 107 cm³/mol. The van der Waals surface area contributed by atoms with Crippen LogP contribution in [-0.2, 0) is 13.0 Å². The average Bonchev–Trinajstić information content (AvgIpc) is 2.67. The van der Waals surface area contributed by atoms with Gasteiger partial charge in [-0.3, -0.25) is 4.90 Å². The van der Waals surface area contributed by atoms with Crippen LogP contribution >= 0.6 is 11.6 Å². The lowest BCUT2D eigenvalue weighted by molar-refractivity contribution is 0.140. The second-order valence-electron chi connectivity index (χ2n) is 6.85. The summed E-state index contributed by atoms with van der Waals surface area (Å²) in [5.41, 5.74) is 3.66. The molecule has 1 aliphatic heterocycles. The van der Waals surface area contributed by atoms with Gasteiger partial charge in [0.15, 0.2) is 0 Å². The molecule has 0 spiro atoms. The zero-order chi connectivity index (χ0) is 18.4. The molecule has 5 heteroatoms. The second kappa shape index (κ2) is 9.06. The van der Waals surface area contributed by atoms with Crippen molar-refractivity contribution in [1.82, 2.24) is 15.1 Å². The van der Waals surface area contributed by atoms with Gasteiger partial charge in [0.2, 0.25) is 0 Å². The zero-order valence-corrected chi connectivity index (χ0v) is 16.0. The second-order valence-corrected chi connectivity index (χ2v) is 7.29.